The Bertz CT molecular complexity index is 441. The third-order valence-corrected chi connectivity index (χ3v) is 3.58. The highest BCUT2D eigenvalue weighted by atomic mass is 16.4. The normalized spacial score (nSPS) is 21.6. The van der Waals surface area contributed by atoms with Gasteiger partial charge < -0.3 is 15.0 Å². The first kappa shape index (κ1) is 11.7. The molecule has 1 aliphatic carbocycles. The largest absolute Gasteiger partial charge is 0.480 e. The zero-order chi connectivity index (χ0) is 12.5. The molecular weight excluding hydrogens is 232 g/mol. The van der Waals surface area contributed by atoms with E-state index < -0.39 is 12.0 Å². The van der Waals surface area contributed by atoms with E-state index in [0.29, 0.717) is 12.6 Å². The van der Waals surface area contributed by atoms with Gasteiger partial charge in [-0.15, -0.1) is 0 Å². The lowest BCUT2D eigenvalue weighted by Gasteiger charge is -2.29. The highest BCUT2D eigenvalue weighted by Crippen LogP contribution is 2.20. The highest BCUT2D eigenvalue weighted by molar-refractivity contribution is 5.73. The van der Waals surface area contributed by atoms with Gasteiger partial charge in [-0.3, -0.25) is 9.69 Å². The van der Waals surface area contributed by atoms with Gasteiger partial charge in [-0.05, 0) is 12.8 Å². The van der Waals surface area contributed by atoms with Crippen LogP contribution in [0.25, 0.3) is 0 Å². The molecule has 6 heteroatoms. The standard InChI is InChI=1S/C12H18N4O2/c17-12(18)10(14-9-1-2-9)7-15-5-6-16-4-3-13-11(16)8-15/h3-4,9-10,14H,1-2,5-8H2,(H,17,18). The molecule has 0 amide bonds. The van der Waals surface area contributed by atoms with E-state index in [1.54, 1.807) is 6.20 Å². The van der Waals surface area contributed by atoms with Gasteiger partial charge in [0.2, 0.25) is 0 Å². The predicted molar refractivity (Wildman–Crippen MR) is 65.1 cm³/mol. The van der Waals surface area contributed by atoms with Crippen molar-refractivity contribution in [3.8, 4) is 0 Å². The minimum absolute atomic E-state index is 0.415. The Balaban J connectivity index is 1.59. The average molecular weight is 250 g/mol. The molecule has 1 aromatic heterocycles. The van der Waals surface area contributed by atoms with Gasteiger partial charge in [0.05, 0.1) is 6.54 Å². The summed E-state index contributed by atoms with van der Waals surface area (Å²) in [4.78, 5) is 17.7. The summed E-state index contributed by atoms with van der Waals surface area (Å²) >= 11 is 0. The van der Waals surface area contributed by atoms with Crippen LogP contribution in [0.15, 0.2) is 12.4 Å². The van der Waals surface area contributed by atoms with E-state index in [1.807, 2.05) is 6.20 Å². The van der Waals surface area contributed by atoms with E-state index in [2.05, 4.69) is 19.8 Å². The predicted octanol–water partition coefficient (Wildman–Crippen LogP) is -0.0961. The fraction of sp³-hybridized carbons (Fsp3) is 0.667. The van der Waals surface area contributed by atoms with Crippen LogP contribution in [0.3, 0.4) is 0 Å². The summed E-state index contributed by atoms with van der Waals surface area (Å²) < 4.78 is 2.13. The maximum Gasteiger partial charge on any atom is 0.322 e. The maximum atomic E-state index is 11.2. The van der Waals surface area contributed by atoms with Crippen molar-refractivity contribution in [2.45, 2.75) is 38.0 Å². The molecule has 2 heterocycles. The number of imidazole rings is 1. The van der Waals surface area contributed by atoms with Crippen LogP contribution in [-0.4, -0.2) is 50.7 Å². The lowest BCUT2D eigenvalue weighted by atomic mass is 10.2. The second-order valence-corrected chi connectivity index (χ2v) is 5.10. The molecule has 0 spiro atoms. The summed E-state index contributed by atoms with van der Waals surface area (Å²) in [5, 5.41) is 12.4. The van der Waals surface area contributed by atoms with Gasteiger partial charge in [0.25, 0.3) is 0 Å². The molecule has 1 saturated carbocycles. The summed E-state index contributed by atoms with van der Waals surface area (Å²) in [6, 6.07) is -0.0445. The molecule has 6 nitrogen and oxygen atoms in total. The molecule has 0 saturated heterocycles. The van der Waals surface area contributed by atoms with Crippen molar-refractivity contribution in [2.75, 3.05) is 13.1 Å². The number of nitrogens with one attached hydrogen (secondary N) is 1. The minimum atomic E-state index is -0.754. The van der Waals surface area contributed by atoms with E-state index in [-0.39, 0.29) is 0 Å². The van der Waals surface area contributed by atoms with Crippen molar-refractivity contribution in [2.24, 2.45) is 0 Å². The van der Waals surface area contributed by atoms with Gasteiger partial charge in [-0.1, -0.05) is 0 Å². The van der Waals surface area contributed by atoms with Crippen LogP contribution in [-0.2, 0) is 17.9 Å². The van der Waals surface area contributed by atoms with Crippen LogP contribution in [0.5, 0.6) is 0 Å². The van der Waals surface area contributed by atoms with Gasteiger partial charge in [0, 0.05) is 38.1 Å². The summed E-state index contributed by atoms with van der Waals surface area (Å²) in [6.07, 6.45) is 5.99. The Kier molecular flexibility index (Phi) is 3.05. The van der Waals surface area contributed by atoms with Crippen LogP contribution in [0.4, 0.5) is 0 Å². The Morgan fingerprint density at radius 2 is 2.39 bits per heavy atom. The van der Waals surface area contributed by atoms with E-state index in [1.165, 1.54) is 0 Å². The van der Waals surface area contributed by atoms with Crippen molar-refractivity contribution >= 4 is 5.97 Å². The van der Waals surface area contributed by atoms with Crippen molar-refractivity contribution in [1.82, 2.24) is 19.8 Å². The summed E-state index contributed by atoms with van der Waals surface area (Å²) in [6.45, 7) is 3.08. The number of rotatable bonds is 5. The lowest BCUT2D eigenvalue weighted by Crippen LogP contribution is -2.48. The first-order valence-corrected chi connectivity index (χ1v) is 6.43. The molecule has 0 bridgehead atoms. The number of carboxylic acids is 1. The first-order valence-electron chi connectivity index (χ1n) is 6.43. The molecule has 1 aromatic rings. The topological polar surface area (TPSA) is 70.4 Å². The second kappa shape index (κ2) is 4.70. The van der Waals surface area contributed by atoms with Gasteiger partial charge >= 0.3 is 5.97 Å². The van der Waals surface area contributed by atoms with E-state index in [0.717, 1.165) is 38.3 Å². The molecular formula is C12H18N4O2. The Hall–Kier alpha value is -1.40. The molecule has 0 radical (unpaired) electrons. The molecule has 1 fully saturated rings. The van der Waals surface area contributed by atoms with Crippen molar-refractivity contribution in [3.63, 3.8) is 0 Å². The number of carbonyl (C=O) groups is 1. The van der Waals surface area contributed by atoms with Crippen molar-refractivity contribution < 1.29 is 9.90 Å². The first-order chi connectivity index (χ1) is 8.72. The number of aromatic nitrogens is 2. The van der Waals surface area contributed by atoms with Crippen LogP contribution >= 0.6 is 0 Å². The lowest BCUT2D eigenvalue weighted by molar-refractivity contribution is -0.140. The summed E-state index contributed by atoms with van der Waals surface area (Å²) in [5.74, 6) is 0.271. The SMILES string of the molecule is O=C(O)C(CN1CCn2ccnc2C1)NC1CC1. The molecule has 1 aliphatic heterocycles. The zero-order valence-electron chi connectivity index (χ0n) is 10.2. The van der Waals surface area contributed by atoms with Crippen molar-refractivity contribution in [1.29, 1.82) is 0 Å². The molecule has 0 aromatic carbocycles. The van der Waals surface area contributed by atoms with Crippen LogP contribution < -0.4 is 5.32 Å². The number of carboxylic acid groups (broad SMARTS) is 1. The number of hydrogen-bond donors (Lipinski definition) is 2. The number of aliphatic carboxylic acids is 1. The monoisotopic (exact) mass is 250 g/mol. The molecule has 2 aliphatic rings. The molecule has 18 heavy (non-hydrogen) atoms. The smallest absolute Gasteiger partial charge is 0.322 e. The number of fused-ring (bicyclic) bond motifs is 1. The van der Waals surface area contributed by atoms with Crippen LogP contribution in [0.1, 0.15) is 18.7 Å². The summed E-state index contributed by atoms with van der Waals surface area (Å²) in [7, 11) is 0. The van der Waals surface area contributed by atoms with E-state index >= 15 is 0 Å². The molecule has 1 atom stereocenters. The fourth-order valence-corrected chi connectivity index (χ4v) is 2.37. The van der Waals surface area contributed by atoms with Crippen LogP contribution in [0, 0.1) is 0 Å². The Morgan fingerprint density at radius 1 is 1.56 bits per heavy atom. The molecule has 98 valence electrons. The fourth-order valence-electron chi connectivity index (χ4n) is 2.37. The van der Waals surface area contributed by atoms with E-state index in [9.17, 15) is 9.90 Å². The maximum absolute atomic E-state index is 11.2. The number of nitrogens with zero attached hydrogens (tertiary/aromatic N) is 3. The van der Waals surface area contributed by atoms with Crippen LogP contribution in [0.2, 0.25) is 0 Å². The quantitative estimate of drug-likeness (QED) is 0.764. The number of hydrogen-bond acceptors (Lipinski definition) is 4. The highest BCUT2D eigenvalue weighted by Gasteiger charge is 2.30. The van der Waals surface area contributed by atoms with Crippen molar-refractivity contribution in [3.05, 3.63) is 18.2 Å². The van der Waals surface area contributed by atoms with Gasteiger partial charge in [-0.25, -0.2) is 4.98 Å². The molecule has 2 N–H and O–H groups in total. The van der Waals surface area contributed by atoms with Gasteiger partial charge in [0.1, 0.15) is 11.9 Å². The Morgan fingerprint density at radius 3 is 3.11 bits per heavy atom. The van der Waals surface area contributed by atoms with Gasteiger partial charge in [-0.2, -0.15) is 0 Å². The molecule has 1 unspecified atom stereocenters. The third kappa shape index (κ3) is 2.54. The third-order valence-electron chi connectivity index (χ3n) is 3.58. The summed E-state index contributed by atoms with van der Waals surface area (Å²) in [5.41, 5.74) is 0. The molecule has 3 rings (SSSR count). The van der Waals surface area contributed by atoms with E-state index in [4.69, 9.17) is 0 Å². The zero-order valence-corrected chi connectivity index (χ0v) is 10.2. The van der Waals surface area contributed by atoms with Gasteiger partial charge in [0.15, 0.2) is 0 Å². The average Bonchev–Trinajstić information content (AvgIpc) is 3.04. The Labute approximate surface area is 106 Å². The minimum Gasteiger partial charge on any atom is -0.480 e. The second-order valence-electron chi connectivity index (χ2n) is 5.10.